The van der Waals surface area contributed by atoms with E-state index in [1.165, 1.54) is 0 Å². The number of thiophene rings is 1. The Morgan fingerprint density at radius 1 is 1.14 bits per heavy atom. The Morgan fingerprint density at radius 2 is 1.93 bits per heavy atom. The van der Waals surface area contributed by atoms with Crippen LogP contribution in [0.1, 0.15) is 30.5 Å². The fourth-order valence-electron chi connectivity index (χ4n) is 2.98. The van der Waals surface area contributed by atoms with Crippen molar-refractivity contribution in [3.05, 3.63) is 69.6 Å². The molecule has 0 unspecified atom stereocenters. The summed E-state index contributed by atoms with van der Waals surface area (Å²) in [6, 6.07) is 9.87. The standard InChI is InChI=1S/C21H22N2O5S/c1-2-27-20(25)18-16(12-28-17(24)9-8-14-10-11-29-13-14)22-21(26)23-19(18)15-6-4-3-5-7-15/h3-7,10-11,13,19H,2,8-9,12H2,1H3,(H2,22,23,26)/t19-/m0/s1. The number of amides is 2. The van der Waals surface area contributed by atoms with Crippen molar-refractivity contribution in [1.29, 1.82) is 0 Å². The summed E-state index contributed by atoms with van der Waals surface area (Å²) in [5.74, 6) is -0.978. The van der Waals surface area contributed by atoms with E-state index in [0.29, 0.717) is 6.42 Å². The summed E-state index contributed by atoms with van der Waals surface area (Å²) >= 11 is 1.57. The first-order valence-electron chi connectivity index (χ1n) is 9.27. The van der Waals surface area contributed by atoms with E-state index in [1.54, 1.807) is 30.4 Å². The lowest BCUT2D eigenvalue weighted by molar-refractivity contribution is -0.143. The van der Waals surface area contributed by atoms with Crippen molar-refractivity contribution in [1.82, 2.24) is 10.6 Å². The molecule has 8 heteroatoms. The second-order valence-corrected chi connectivity index (χ2v) is 7.13. The molecule has 0 fully saturated rings. The molecule has 1 aliphatic rings. The van der Waals surface area contributed by atoms with Gasteiger partial charge in [-0.15, -0.1) is 0 Å². The summed E-state index contributed by atoms with van der Waals surface area (Å²) in [5.41, 5.74) is 2.25. The van der Waals surface area contributed by atoms with E-state index < -0.39 is 24.0 Å². The fraction of sp³-hybridized carbons (Fsp3) is 0.286. The quantitative estimate of drug-likeness (QED) is 0.648. The van der Waals surface area contributed by atoms with Gasteiger partial charge < -0.3 is 20.1 Å². The number of urea groups is 1. The molecule has 2 N–H and O–H groups in total. The van der Waals surface area contributed by atoms with E-state index in [1.807, 2.05) is 35.0 Å². The third-order valence-corrected chi connectivity index (χ3v) is 5.09. The fourth-order valence-corrected chi connectivity index (χ4v) is 3.69. The van der Waals surface area contributed by atoms with Crippen LogP contribution in [0.15, 0.2) is 58.4 Å². The van der Waals surface area contributed by atoms with Crippen LogP contribution in [-0.4, -0.2) is 31.2 Å². The summed E-state index contributed by atoms with van der Waals surface area (Å²) in [6.07, 6.45) is 0.791. The number of aryl methyl sites for hydroxylation is 1. The minimum atomic E-state index is -0.691. The van der Waals surface area contributed by atoms with E-state index >= 15 is 0 Å². The third kappa shape index (κ3) is 5.45. The monoisotopic (exact) mass is 414 g/mol. The molecular weight excluding hydrogens is 392 g/mol. The molecule has 0 spiro atoms. The molecule has 152 valence electrons. The molecule has 1 aliphatic heterocycles. The van der Waals surface area contributed by atoms with Crippen molar-refractivity contribution in [3.8, 4) is 0 Å². The van der Waals surface area contributed by atoms with Crippen LogP contribution in [0.5, 0.6) is 0 Å². The number of ether oxygens (including phenoxy) is 2. The number of esters is 2. The van der Waals surface area contributed by atoms with E-state index in [4.69, 9.17) is 9.47 Å². The minimum absolute atomic E-state index is 0.186. The van der Waals surface area contributed by atoms with Crippen LogP contribution in [0.25, 0.3) is 0 Å². The highest BCUT2D eigenvalue weighted by molar-refractivity contribution is 7.07. The van der Waals surface area contributed by atoms with E-state index in [2.05, 4.69) is 10.6 Å². The molecule has 2 amide bonds. The van der Waals surface area contributed by atoms with Gasteiger partial charge in [0.05, 0.1) is 23.9 Å². The van der Waals surface area contributed by atoms with Gasteiger partial charge in [0.25, 0.3) is 0 Å². The van der Waals surface area contributed by atoms with Gasteiger partial charge in [-0.25, -0.2) is 9.59 Å². The summed E-state index contributed by atoms with van der Waals surface area (Å²) in [7, 11) is 0. The lowest BCUT2D eigenvalue weighted by Gasteiger charge is -2.29. The number of hydrogen-bond acceptors (Lipinski definition) is 6. The van der Waals surface area contributed by atoms with Gasteiger partial charge in [0.2, 0.25) is 0 Å². The molecule has 0 radical (unpaired) electrons. The molecule has 7 nitrogen and oxygen atoms in total. The Morgan fingerprint density at radius 3 is 2.62 bits per heavy atom. The average molecular weight is 414 g/mol. The van der Waals surface area contributed by atoms with Crippen LogP contribution in [0.2, 0.25) is 0 Å². The van der Waals surface area contributed by atoms with Crippen molar-refractivity contribution in [2.45, 2.75) is 25.8 Å². The zero-order chi connectivity index (χ0) is 20.6. The van der Waals surface area contributed by atoms with Crippen molar-refractivity contribution in [2.75, 3.05) is 13.2 Å². The molecule has 1 aromatic heterocycles. The first kappa shape index (κ1) is 20.6. The first-order valence-corrected chi connectivity index (χ1v) is 10.2. The molecule has 0 saturated heterocycles. The van der Waals surface area contributed by atoms with Gasteiger partial charge in [0.1, 0.15) is 6.61 Å². The Kier molecular flexibility index (Phi) is 7.02. The largest absolute Gasteiger partial charge is 0.463 e. The van der Waals surface area contributed by atoms with Crippen molar-refractivity contribution < 1.29 is 23.9 Å². The van der Waals surface area contributed by atoms with Crippen molar-refractivity contribution >= 4 is 29.3 Å². The zero-order valence-corrected chi connectivity index (χ0v) is 16.8. The smallest absolute Gasteiger partial charge is 0.338 e. The molecule has 29 heavy (non-hydrogen) atoms. The molecular formula is C21H22N2O5S. The maximum atomic E-state index is 12.6. The maximum absolute atomic E-state index is 12.6. The summed E-state index contributed by atoms with van der Waals surface area (Å²) in [4.78, 5) is 36.9. The van der Waals surface area contributed by atoms with Crippen LogP contribution in [0, 0.1) is 0 Å². The minimum Gasteiger partial charge on any atom is -0.463 e. The number of carbonyl (C=O) groups excluding carboxylic acids is 3. The van der Waals surface area contributed by atoms with Crippen LogP contribution < -0.4 is 10.6 Å². The number of hydrogen-bond donors (Lipinski definition) is 2. The zero-order valence-electron chi connectivity index (χ0n) is 16.0. The second-order valence-electron chi connectivity index (χ2n) is 6.35. The number of nitrogens with one attached hydrogen (secondary N) is 2. The number of rotatable bonds is 8. The van der Waals surface area contributed by atoms with Crippen LogP contribution >= 0.6 is 11.3 Å². The summed E-state index contributed by atoms with van der Waals surface area (Å²) < 4.78 is 10.5. The first-order chi connectivity index (χ1) is 14.1. The van der Waals surface area contributed by atoms with Crippen LogP contribution in [-0.2, 0) is 25.5 Å². The Balaban J connectivity index is 1.77. The lowest BCUT2D eigenvalue weighted by Crippen LogP contribution is -2.47. The van der Waals surface area contributed by atoms with Crippen LogP contribution in [0.4, 0.5) is 4.79 Å². The topological polar surface area (TPSA) is 93.7 Å². The highest BCUT2D eigenvalue weighted by atomic mass is 32.1. The predicted molar refractivity (Wildman–Crippen MR) is 108 cm³/mol. The van der Waals surface area contributed by atoms with Gasteiger partial charge in [-0.3, -0.25) is 4.79 Å². The van der Waals surface area contributed by atoms with Gasteiger partial charge in [-0.05, 0) is 41.3 Å². The molecule has 0 saturated carbocycles. The Bertz CT molecular complexity index is 893. The Hall–Kier alpha value is -3.13. The normalized spacial score (nSPS) is 16.0. The highest BCUT2D eigenvalue weighted by Crippen LogP contribution is 2.27. The molecule has 1 atom stereocenters. The van der Waals surface area contributed by atoms with Crippen LogP contribution in [0.3, 0.4) is 0 Å². The number of benzene rings is 1. The summed E-state index contributed by atoms with van der Waals surface area (Å²) in [6.45, 7) is 1.67. The Labute approximate surface area is 172 Å². The van der Waals surface area contributed by atoms with E-state index in [-0.39, 0.29) is 30.9 Å². The second kappa shape index (κ2) is 9.88. The summed E-state index contributed by atoms with van der Waals surface area (Å²) in [5, 5.41) is 9.25. The average Bonchev–Trinajstić information content (AvgIpc) is 3.24. The van der Waals surface area contributed by atoms with Gasteiger partial charge in [-0.2, -0.15) is 11.3 Å². The molecule has 2 heterocycles. The van der Waals surface area contributed by atoms with Gasteiger partial charge in [0.15, 0.2) is 0 Å². The highest BCUT2D eigenvalue weighted by Gasteiger charge is 2.34. The van der Waals surface area contributed by atoms with E-state index in [0.717, 1.165) is 11.1 Å². The molecule has 2 aromatic rings. The van der Waals surface area contributed by atoms with Gasteiger partial charge >= 0.3 is 18.0 Å². The van der Waals surface area contributed by atoms with Gasteiger partial charge in [0, 0.05) is 6.42 Å². The molecule has 1 aromatic carbocycles. The number of carbonyl (C=O) groups is 3. The SMILES string of the molecule is CCOC(=O)C1=C(COC(=O)CCc2ccsc2)NC(=O)N[C@H]1c1ccccc1. The third-order valence-electron chi connectivity index (χ3n) is 4.36. The van der Waals surface area contributed by atoms with E-state index in [9.17, 15) is 14.4 Å². The molecule has 3 rings (SSSR count). The predicted octanol–water partition coefficient (Wildman–Crippen LogP) is 3.10. The molecule has 0 aliphatic carbocycles. The van der Waals surface area contributed by atoms with Crippen molar-refractivity contribution in [2.24, 2.45) is 0 Å². The maximum Gasteiger partial charge on any atom is 0.338 e. The van der Waals surface area contributed by atoms with Crippen molar-refractivity contribution in [3.63, 3.8) is 0 Å². The molecule has 0 bridgehead atoms. The van der Waals surface area contributed by atoms with Gasteiger partial charge in [-0.1, -0.05) is 30.3 Å². The lowest BCUT2D eigenvalue weighted by atomic mass is 9.95.